The number of ether oxygens (including phenoxy) is 1. The van der Waals surface area contributed by atoms with Crippen molar-refractivity contribution in [3.05, 3.63) is 11.6 Å². The second kappa shape index (κ2) is 8.74. The number of likely N-dealkylation sites (N-methyl/N-ethyl adjacent to an activating group) is 1. The monoisotopic (exact) mass is 235 g/mol. The fourth-order valence-electron chi connectivity index (χ4n) is 1.19. The molecule has 0 aliphatic rings. The Morgan fingerprint density at radius 1 is 1.47 bits per heavy atom. The summed E-state index contributed by atoms with van der Waals surface area (Å²) in [4.78, 5) is 11.3. The van der Waals surface area contributed by atoms with Gasteiger partial charge in [0.25, 0.3) is 0 Å². The van der Waals surface area contributed by atoms with Gasteiger partial charge in [-0.2, -0.15) is 0 Å². The lowest BCUT2D eigenvalue weighted by Gasteiger charge is -2.16. The van der Waals surface area contributed by atoms with E-state index < -0.39 is 0 Å². The Hall–Kier alpha value is -0.540. The number of hydrogen-bond acceptors (Lipinski definition) is 3. The maximum atomic E-state index is 11.3. The van der Waals surface area contributed by atoms with Gasteiger partial charge in [-0.25, -0.2) is 4.79 Å². The van der Waals surface area contributed by atoms with E-state index in [-0.39, 0.29) is 24.4 Å². The minimum absolute atomic E-state index is 0. The van der Waals surface area contributed by atoms with E-state index in [1.54, 1.807) is 6.92 Å². The van der Waals surface area contributed by atoms with Crippen LogP contribution in [0.5, 0.6) is 0 Å². The first-order chi connectivity index (χ1) is 6.52. The molecule has 0 bridgehead atoms. The third-order valence-corrected chi connectivity index (χ3v) is 2.08. The van der Waals surface area contributed by atoms with E-state index in [4.69, 9.17) is 4.74 Å². The van der Waals surface area contributed by atoms with Crippen LogP contribution in [0.4, 0.5) is 0 Å². The van der Waals surface area contributed by atoms with E-state index >= 15 is 0 Å². The lowest BCUT2D eigenvalue weighted by atomic mass is 10.0. The van der Waals surface area contributed by atoms with Crippen molar-refractivity contribution in [3.8, 4) is 0 Å². The maximum Gasteiger partial charge on any atom is 0.333 e. The van der Waals surface area contributed by atoms with Crippen LogP contribution >= 0.6 is 12.4 Å². The third kappa shape index (κ3) is 6.52. The van der Waals surface area contributed by atoms with Crippen molar-refractivity contribution < 1.29 is 9.53 Å². The summed E-state index contributed by atoms with van der Waals surface area (Å²) < 4.78 is 4.89. The lowest BCUT2D eigenvalue weighted by Crippen LogP contribution is -2.29. The first kappa shape index (κ1) is 16.9. The van der Waals surface area contributed by atoms with Crippen molar-refractivity contribution in [1.82, 2.24) is 5.32 Å². The van der Waals surface area contributed by atoms with Crippen molar-refractivity contribution in [3.63, 3.8) is 0 Å². The van der Waals surface area contributed by atoms with Gasteiger partial charge < -0.3 is 10.1 Å². The Bertz CT molecular complexity index is 215. The number of carbonyl (C=O) groups excluding carboxylic acids is 1. The number of esters is 1. The van der Waals surface area contributed by atoms with E-state index in [2.05, 4.69) is 19.2 Å². The average molecular weight is 236 g/mol. The predicted octanol–water partition coefficient (Wildman–Crippen LogP) is 2.16. The molecule has 1 N–H and O–H groups in total. The Morgan fingerprint density at radius 3 is 2.33 bits per heavy atom. The van der Waals surface area contributed by atoms with Crippen LogP contribution < -0.4 is 5.32 Å². The van der Waals surface area contributed by atoms with Gasteiger partial charge in [0.15, 0.2) is 0 Å². The smallest absolute Gasteiger partial charge is 0.333 e. The van der Waals surface area contributed by atoms with Gasteiger partial charge in [-0.05, 0) is 26.8 Å². The Morgan fingerprint density at radius 2 is 2.00 bits per heavy atom. The summed E-state index contributed by atoms with van der Waals surface area (Å²) in [5.41, 5.74) is 0.667. The molecule has 15 heavy (non-hydrogen) atoms. The van der Waals surface area contributed by atoms with Crippen molar-refractivity contribution >= 4 is 18.4 Å². The van der Waals surface area contributed by atoms with Crippen molar-refractivity contribution in [2.75, 3.05) is 13.7 Å². The van der Waals surface area contributed by atoms with Crippen molar-refractivity contribution in [1.29, 1.82) is 0 Å². The van der Waals surface area contributed by atoms with Gasteiger partial charge >= 0.3 is 5.97 Å². The van der Waals surface area contributed by atoms with Gasteiger partial charge in [0.1, 0.15) is 0 Å². The molecule has 90 valence electrons. The van der Waals surface area contributed by atoms with Gasteiger partial charge in [-0.15, -0.1) is 12.4 Å². The van der Waals surface area contributed by atoms with Crippen LogP contribution in [-0.2, 0) is 9.53 Å². The first-order valence-electron chi connectivity index (χ1n) is 5.05. The number of halogens is 1. The van der Waals surface area contributed by atoms with Crippen molar-refractivity contribution in [2.24, 2.45) is 5.92 Å². The molecule has 1 atom stereocenters. The predicted molar refractivity (Wildman–Crippen MR) is 65.3 cm³/mol. The average Bonchev–Trinajstić information content (AvgIpc) is 2.13. The molecule has 0 spiro atoms. The zero-order valence-corrected chi connectivity index (χ0v) is 11.0. The molecular weight excluding hydrogens is 214 g/mol. The maximum absolute atomic E-state index is 11.3. The molecule has 0 aromatic rings. The van der Waals surface area contributed by atoms with Gasteiger partial charge in [0.2, 0.25) is 0 Å². The highest BCUT2D eigenvalue weighted by molar-refractivity contribution is 5.87. The van der Waals surface area contributed by atoms with E-state index in [0.29, 0.717) is 18.1 Å². The molecule has 0 amide bonds. The fourth-order valence-corrected chi connectivity index (χ4v) is 1.19. The summed E-state index contributed by atoms with van der Waals surface area (Å²) in [5, 5.41) is 3.15. The quantitative estimate of drug-likeness (QED) is 0.586. The van der Waals surface area contributed by atoms with Gasteiger partial charge in [-0.3, -0.25) is 0 Å². The van der Waals surface area contributed by atoms with E-state index in [0.717, 1.165) is 0 Å². The zero-order chi connectivity index (χ0) is 11.1. The third-order valence-electron chi connectivity index (χ3n) is 2.08. The van der Waals surface area contributed by atoms with E-state index in [1.165, 1.54) is 0 Å². The molecule has 0 saturated heterocycles. The summed E-state index contributed by atoms with van der Waals surface area (Å²) in [5.74, 6) is 0.234. The second-order valence-electron chi connectivity index (χ2n) is 3.63. The highest BCUT2D eigenvalue weighted by atomic mass is 35.5. The Balaban J connectivity index is 0. The lowest BCUT2D eigenvalue weighted by molar-refractivity contribution is -0.138. The minimum Gasteiger partial charge on any atom is -0.463 e. The molecule has 0 aliphatic carbocycles. The van der Waals surface area contributed by atoms with Crippen LogP contribution in [0.25, 0.3) is 0 Å². The summed E-state index contributed by atoms with van der Waals surface area (Å²) in [6, 6.07) is 0.222. The largest absolute Gasteiger partial charge is 0.463 e. The van der Waals surface area contributed by atoms with Crippen LogP contribution in [0.2, 0.25) is 0 Å². The standard InChI is InChI=1S/C11H21NO2.ClH/c1-6-14-11(13)9(4)7-10(12-5)8(2)3;/h7-8,10,12H,6H2,1-5H3;1H. The van der Waals surface area contributed by atoms with Gasteiger partial charge in [0, 0.05) is 11.6 Å². The molecule has 0 aromatic carbocycles. The highest BCUT2D eigenvalue weighted by Crippen LogP contribution is 2.06. The molecule has 0 saturated carbocycles. The topological polar surface area (TPSA) is 38.3 Å². The summed E-state index contributed by atoms with van der Waals surface area (Å²) >= 11 is 0. The minimum atomic E-state index is -0.228. The Kier molecular flexibility index (Phi) is 9.84. The molecule has 1 unspecified atom stereocenters. The van der Waals surface area contributed by atoms with E-state index in [9.17, 15) is 4.79 Å². The molecule has 0 heterocycles. The number of carbonyl (C=O) groups is 1. The molecule has 0 rings (SSSR count). The number of rotatable bonds is 5. The number of hydrogen-bond donors (Lipinski definition) is 1. The fraction of sp³-hybridized carbons (Fsp3) is 0.727. The van der Waals surface area contributed by atoms with Crippen LogP contribution in [0.3, 0.4) is 0 Å². The molecule has 0 fully saturated rings. The molecule has 0 aromatic heterocycles. The Labute approximate surface area is 98.7 Å². The summed E-state index contributed by atoms with van der Waals surface area (Å²) in [7, 11) is 1.89. The second-order valence-corrected chi connectivity index (χ2v) is 3.63. The molecular formula is C11H22ClNO2. The van der Waals surface area contributed by atoms with Crippen LogP contribution in [0.15, 0.2) is 11.6 Å². The number of nitrogens with one attached hydrogen (secondary N) is 1. The molecule has 3 nitrogen and oxygen atoms in total. The van der Waals surface area contributed by atoms with E-state index in [1.807, 2.05) is 20.0 Å². The summed E-state index contributed by atoms with van der Waals surface area (Å²) in [6.07, 6.45) is 1.92. The first-order valence-corrected chi connectivity index (χ1v) is 5.05. The molecule has 0 radical (unpaired) electrons. The van der Waals surface area contributed by atoms with Gasteiger partial charge in [-0.1, -0.05) is 19.9 Å². The SMILES string of the molecule is CCOC(=O)C(C)=CC(NC)C(C)C.Cl. The van der Waals surface area contributed by atoms with Crippen LogP contribution in [-0.4, -0.2) is 25.7 Å². The molecule has 0 aliphatic heterocycles. The zero-order valence-electron chi connectivity index (χ0n) is 10.2. The normalized spacial score (nSPS) is 13.3. The molecule has 4 heteroatoms. The summed E-state index contributed by atoms with van der Waals surface area (Å²) in [6.45, 7) is 8.23. The van der Waals surface area contributed by atoms with Gasteiger partial charge in [0.05, 0.1) is 6.61 Å². The highest BCUT2D eigenvalue weighted by Gasteiger charge is 2.11. The van der Waals surface area contributed by atoms with Crippen molar-refractivity contribution in [2.45, 2.75) is 33.7 Å². The van der Waals surface area contributed by atoms with Crippen LogP contribution in [0.1, 0.15) is 27.7 Å². The van der Waals surface area contributed by atoms with Crippen LogP contribution in [0, 0.1) is 5.92 Å².